The van der Waals surface area contributed by atoms with Gasteiger partial charge < -0.3 is 10.2 Å². The number of thiazole rings is 1. The maximum atomic E-state index is 12.5. The van der Waals surface area contributed by atoms with Gasteiger partial charge in [-0.3, -0.25) is 4.79 Å². The molecule has 1 N–H and O–H groups in total. The molecule has 1 aromatic heterocycles. The molecule has 1 unspecified atom stereocenters. The van der Waals surface area contributed by atoms with Crippen molar-refractivity contribution in [1.29, 1.82) is 0 Å². The lowest BCUT2D eigenvalue weighted by atomic mass is 10.2. The lowest BCUT2D eigenvalue weighted by Gasteiger charge is -2.12. The fraction of sp³-hybridized carbons (Fsp3) is 0.353. The first-order valence-electron chi connectivity index (χ1n) is 7.71. The average molecular weight is 385 g/mol. The van der Waals surface area contributed by atoms with Crippen molar-refractivity contribution in [2.45, 2.75) is 40.0 Å². The summed E-state index contributed by atoms with van der Waals surface area (Å²) >= 11 is 1.47. The van der Waals surface area contributed by atoms with E-state index in [9.17, 15) is 18.0 Å². The van der Waals surface area contributed by atoms with E-state index in [1.54, 1.807) is 6.92 Å². The number of hydrogen-bond donors (Lipinski definition) is 1. The van der Waals surface area contributed by atoms with Crippen LogP contribution in [0.2, 0.25) is 0 Å². The number of nitrogens with zero attached hydrogens (tertiary/aromatic N) is 2. The Kier molecular flexibility index (Phi) is 6.01. The molecule has 0 saturated heterocycles. The van der Waals surface area contributed by atoms with E-state index < -0.39 is 23.8 Å². The Morgan fingerprint density at radius 1 is 1.27 bits per heavy atom. The van der Waals surface area contributed by atoms with Crippen LogP contribution in [0.3, 0.4) is 0 Å². The molecule has 0 aliphatic heterocycles. The zero-order valence-corrected chi connectivity index (χ0v) is 15.5. The summed E-state index contributed by atoms with van der Waals surface area (Å²) in [7, 11) is 0. The van der Waals surface area contributed by atoms with Gasteiger partial charge in [-0.15, -0.1) is 11.3 Å². The smallest absolute Gasteiger partial charge is 0.382 e. The molecule has 1 amide bonds. The summed E-state index contributed by atoms with van der Waals surface area (Å²) in [5.74, 6) is -0.515. The van der Waals surface area contributed by atoms with Gasteiger partial charge in [-0.25, -0.2) is 4.98 Å². The van der Waals surface area contributed by atoms with E-state index in [2.05, 4.69) is 15.5 Å². The molecule has 0 fully saturated rings. The van der Waals surface area contributed by atoms with E-state index in [4.69, 9.17) is 4.84 Å². The van der Waals surface area contributed by atoms with E-state index in [-0.39, 0.29) is 5.69 Å². The molecule has 5 nitrogen and oxygen atoms in total. The number of amides is 1. The molecule has 0 aliphatic carbocycles. The Balaban J connectivity index is 1.97. The van der Waals surface area contributed by atoms with Gasteiger partial charge in [-0.05, 0) is 52.0 Å². The molecule has 1 heterocycles. The number of nitrogens with one attached hydrogen (secondary N) is 1. The molecule has 0 spiro atoms. The molecule has 0 aliphatic rings. The van der Waals surface area contributed by atoms with Gasteiger partial charge >= 0.3 is 6.18 Å². The summed E-state index contributed by atoms with van der Waals surface area (Å²) in [4.78, 5) is 22.5. The van der Waals surface area contributed by atoms with Crippen molar-refractivity contribution < 1.29 is 22.8 Å². The number of hydrogen-bond acceptors (Lipinski definition) is 5. The molecular weight excluding hydrogens is 367 g/mol. The quantitative estimate of drug-likeness (QED) is 0.607. The molecule has 140 valence electrons. The highest BCUT2D eigenvalue weighted by atomic mass is 32.1. The highest BCUT2D eigenvalue weighted by Gasteiger charge is 2.30. The van der Waals surface area contributed by atoms with Gasteiger partial charge in [0.25, 0.3) is 5.91 Å². The number of rotatable bonds is 5. The predicted molar refractivity (Wildman–Crippen MR) is 94.4 cm³/mol. The third kappa shape index (κ3) is 5.04. The summed E-state index contributed by atoms with van der Waals surface area (Å²) in [6.45, 7) is 7.00. The standard InChI is InChI=1S/C17H18F3N3O2S/c1-9-15(26-12(4)21-9)10(2)23-25-11(3)16(24)22-14-7-5-13(6-8-14)17(18,19)20/h5-8,11H,1-4H3,(H,22,24). The Bertz CT molecular complexity index is 814. The fourth-order valence-electron chi connectivity index (χ4n) is 2.10. The Morgan fingerprint density at radius 2 is 1.88 bits per heavy atom. The monoisotopic (exact) mass is 385 g/mol. The normalized spacial score (nSPS) is 13.4. The second kappa shape index (κ2) is 7.86. The van der Waals surface area contributed by atoms with Crippen molar-refractivity contribution in [1.82, 2.24) is 4.98 Å². The first-order chi connectivity index (χ1) is 12.1. The zero-order valence-electron chi connectivity index (χ0n) is 14.6. The summed E-state index contributed by atoms with van der Waals surface area (Å²) in [6.07, 6.45) is -5.33. The number of benzene rings is 1. The van der Waals surface area contributed by atoms with E-state index in [1.807, 2.05) is 13.8 Å². The number of carbonyl (C=O) groups excluding carboxylic acids is 1. The number of aromatic nitrogens is 1. The van der Waals surface area contributed by atoms with Crippen molar-refractivity contribution in [3.63, 3.8) is 0 Å². The van der Waals surface area contributed by atoms with Crippen LogP contribution in [0.5, 0.6) is 0 Å². The first-order valence-corrected chi connectivity index (χ1v) is 8.52. The minimum Gasteiger partial charge on any atom is -0.382 e. The van der Waals surface area contributed by atoms with Gasteiger partial charge in [0, 0.05) is 5.69 Å². The molecule has 0 radical (unpaired) electrons. The van der Waals surface area contributed by atoms with Crippen LogP contribution in [-0.2, 0) is 15.8 Å². The van der Waals surface area contributed by atoms with Crippen LogP contribution in [-0.4, -0.2) is 22.7 Å². The summed E-state index contributed by atoms with van der Waals surface area (Å²) in [5.41, 5.74) is 0.893. The summed E-state index contributed by atoms with van der Waals surface area (Å²) in [6, 6.07) is 4.17. The van der Waals surface area contributed by atoms with E-state index >= 15 is 0 Å². The maximum absolute atomic E-state index is 12.5. The number of anilines is 1. The number of carbonyl (C=O) groups is 1. The van der Waals surface area contributed by atoms with Crippen molar-refractivity contribution >= 4 is 28.6 Å². The number of halogens is 3. The number of alkyl halides is 3. The maximum Gasteiger partial charge on any atom is 0.416 e. The van der Waals surface area contributed by atoms with Crippen LogP contribution in [0, 0.1) is 13.8 Å². The second-order valence-corrected chi connectivity index (χ2v) is 6.84. The summed E-state index contributed by atoms with van der Waals surface area (Å²) in [5, 5.41) is 7.35. The molecule has 1 atom stereocenters. The molecule has 2 aromatic rings. The SMILES string of the molecule is CC(=NOC(C)C(=O)Nc1ccc(C(F)(F)F)cc1)c1sc(C)nc1C. The van der Waals surface area contributed by atoms with Gasteiger partial charge in [0.1, 0.15) is 0 Å². The molecular formula is C17H18F3N3O2S. The van der Waals surface area contributed by atoms with E-state index in [1.165, 1.54) is 30.4 Å². The molecule has 2 rings (SSSR count). The Hall–Kier alpha value is -2.42. The van der Waals surface area contributed by atoms with Crippen molar-refractivity contribution in [2.24, 2.45) is 5.16 Å². The largest absolute Gasteiger partial charge is 0.416 e. The lowest BCUT2D eigenvalue weighted by molar-refractivity contribution is -0.137. The predicted octanol–water partition coefficient (Wildman–Crippen LogP) is 4.55. The van der Waals surface area contributed by atoms with Crippen LogP contribution in [0.4, 0.5) is 18.9 Å². The van der Waals surface area contributed by atoms with Gasteiger partial charge in [0.15, 0.2) is 0 Å². The van der Waals surface area contributed by atoms with Crippen LogP contribution in [0.25, 0.3) is 0 Å². The molecule has 9 heteroatoms. The van der Waals surface area contributed by atoms with Crippen molar-refractivity contribution in [2.75, 3.05) is 5.32 Å². The van der Waals surface area contributed by atoms with Gasteiger partial charge in [-0.2, -0.15) is 13.2 Å². The van der Waals surface area contributed by atoms with E-state index in [0.29, 0.717) is 5.71 Å². The van der Waals surface area contributed by atoms with Crippen LogP contribution in [0.1, 0.15) is 35.0 Å². The highest BCUT2D eigenvalue weighted by molar-refractivity contribution is 7.13. The van der Waals surface area contributed by atoms with Crippen molar-refractivity contribution in [3.05, 3.63) is 45.4 Å². The van der Waals surface area contributed by atoms with Crippen molar-refractivity contribution in [3.8, 4) is 0 Å². The van der Waals surface area contributed by atoms with Gasteiger partial charge in [-0.1, -0.05) is 5.16 Å². The molecule has 0 bridgehead atoms. The Labute approximate surface area is 152 Å². The van der Waals surface area contributed by atoms with E-state index in [0.717, 1.165) is 27.7 Å². The number of aryl methyl sites for hydroxylation is 2. The topological polar surface area (TPSA) is 63.6 Å². The zero-order chi connectivity index (χ0) is 19.5. The Morgan fingerprint density at radius 3 is 2.38 bits per heavy atom. The summed E-state index contributed by atoms with van der Waals surface area (Å²) < 4.78 is 37.6. The third-order valence-electron chi connectivity index (χ3n) is 3.43. The van der Waals surface area contributed by atoms with Gasteiger partial charge in [0.2, 0.25) is 6.10 Å². The van der Waals surface area contributed by atoms with Crippen LogP contribution < -0.4 is 5.32 Å². The second-order valence-electron chi connectivity index (χ2n) is 5.64. The average Bonchev–Trinajstić information content (AvgIpc) is 2.90. The molecule has 1 aromatic carbocycles. The minimum atomic E-state index is -4.42. The van der Waals surface area contributed by atoms with Crippen LogP contribution in [0.15, 0.2) is 29.4 Å². The number of oxime groups is 1. The minimum absolute atomic E-state index is 0.244. The lowest BCUT2D eigenvalue weighted by Crippen LogP contribution is -2.26. The first kappa shape index (κ1) is 19.9. The van der Waals surface area contributed by atoms with Gasteiger partial charge in [0.05, 0.1) is 26.9 Å². The molecule has 26 heavy (non-hydrogen) atoms. The van der Waals surface area contributed by atoms with Crippen LogP contribution >= 0.6 is 11.3 Å². The molecule has 0 saturated carbocycles. The highest BCUT2D eigenvalue weighted by Crippen LogP contribution is 2.29. The fourth-order valence-corrected chi connectivity index (χ4v) is 2.96. The third-order valence-corrected chi connectivity index (χ3v) is 4.61.